The summed E-state index contributed by atoms with van der Waals surface area (Å²) in [7, 11) is 6.56. The number of rotatable bonds is 0. The zero-order chi connectivity index (χ0) is 24.3. The quantitative estimate of drug-likeness (QED) is 0.376. The normalized spacial score (nSPS) is 19.9. The molecule has 0 atom stereocenters. The number of allylic oxidation sites excluding steroid dienone is 1. The number of likely N-dealkylation sites (tertiary alicyclic amines) is 3. The molecule has 0 aliphatic carbocycles. The zero-order valence-corrected chi connectivity index (χ0v) is 23.6. The van der Waals surface area contributed by atoms with Crippen LogP contribution in [0.25, 0.3) is 0 Å². The maximum absolute atomic E-state index is 3.98. The van der Waals surface area contributed by atoms with Gasteiger partial charge in [-0.15, -0.1) is 0 Å². The van der Waals surface area contributed by atoms with Crippen LogP contribution < -0.4 is 0 Å². The minimum absolute atomic E-state index is 1.20. The van der Waals surface area contributed by atoms with Crippen LogP contribution in [0.4, 0.5) is 0 Å². The molecule has 0 bridgehead atoms. The Morgan fingerprint density at radius 3 is 1.10 bits per heavy atom. The molecule has 0 spiro atoms. The summed E-state index contributed by atoms with van der Waals surface area (Å²) in [6.45, 7) is 22.5. The highest BCUT2D eigenvalue weighted by Crippen LogP contribution is 2.15. The lowest BCUT2D eigenvalue weighted by Gasteiger charge is -2.17. The van der Waals surface area contributed by atoms with E-state index in [1.807, 2.05) is 41.5 Å². The van der Waals surface area contributed by atoms with Gasteiger partial charge >= 0.3 is 0 Å². The summed E-state index contributed by atoms with van der Waals surface area (Å²) in [5, 5.41) is 0. The Hall–Kier alpha value is -0.540. The summed E-state index contributed by atoms with van der Waals surface area (Å²) in [5.74, 6) is 0. The van der Waals surface area contributed by atoms with Gasteiger partial charge in [-0.1, -0.05) is 80.2 Å². The van der Waals surface area contributed by atoms with Gasteiger partial charge in [0.05, 0.1) is 0 Å². The maximum Gasteiger partial charge on any atom is 0.0171 e. The highest BCUT2D eigenvalue weighted by atomic mass is 15.1. The third-order valence-electron chi connectivity index (χ3n) is 5.66. The van der Waals surface area contributed by atoms with E-state index in [-0.39, 0.29) is 0 Å². The largest absolute Gasteiger partial charge is 0.378 e. The van der Waals surface area contributed by atoms with Crippen molar-refractivity contribution < 1.29 is 0 Å². The van der Waals surface area contributed by atoms with E-state index >= 15 is 0 Å². The topological polar surface area (TPSA) is 9.72 Å². The van der Waals surface area contributed by atoms with Crippen LogP contribution in [-0.2, 0) is 0 Å². The molecule has 3 aliphatic heterocycles. The van der Waals surface area contributed by atoms with Crippen molar-refractivity contribution in [2.45, 2.75) is 119 Å². The summed E-state index contributed by atoms with van der Waals surface area (Å²) >= 11 is 0. The molecule has 0 radical (unpaired) electrons. The van der Waals surface area contributed by atoms with E-state index in [4.69, 9.17) is 0 Å². The molecular formula is C28H63N3. The summed E-state index contributed by atoms with van der Waals surface area (Å²) in [6.07, 6.45) is 16.7. The van der Waals surface area contributed by atoms with Gasteiger partial charge in [0.1, 0.15) is 0 Å². The van der Waals surface area contributed by atoms with Crippen LogP contribution in [0.3, 0.4) is 0 Å². The predicted octanol–water partition coefficient (Wildman–Crippen LogP) is 8.07. The molecule has 31 heavy (non-hydrogen) atoms. The van der Waals surface area contributed by atoms with Crippen molar-refractivity contribution in [3.8, 4) is 0 Å². The Balaban J connectivity index is -0.000000338. The van der Waals surface area contributed by atoms with E-state index in [0.29, 0.717) is 0 Å². The summed E-state index contributed by atoms with van der Waals surface area (Å²) in [6, 6.07) is 0. The minimum atomic E-state index is 1.20. The summed E-state index contributed by atoms with van der Waals surface area (Å²) < 4.78 is 0. The van der Waals surface area contributed by atoms with Crippen LogP contribution in [0, 0.1) is 0 Å². The molecule has 0 aromatic heterocycles. The third kappa shape index (κ3) is 25.6. The van der Waals surface area contributed by atoms with Crippen molar-refractivity contribution in [3.05, 3.63) is 12.3 Å². The first-order valence-electron chi connectivity index (χ1n) is 13.9. The molecule has 3 heterocycles. The lowest BCUT2D eigenvalue weighted by Crippen LogP contribution is -2.18. The fraction of sp³-hybridized carbons (Fsp3) is 0.929. The molecule has 0 N–H and O–H groups in total. The van der Waals surface area contributed by atoms with E-state index in [0.717, 1.165) is 0 Å². The monoisotopic (exact) mass is 442 g/mol. The van der Waals surface area contributed by atoms with E-state index in [1.54, 1.807) is 0 Å². The second-order valence-electron chi connectivity index (χ2n) is 8.23. The Kier molecular flexibility index (Phi) is 33.3. The van der Waals surface area contributed by atoms with Crippen LogP contribution in [0.5, 0.6) is 0 Å². The van der Waals surface area contributed by atoms with Gasteiger partial charge in [0.25, 0.3) is 0 Å². The fourth-order valence-electron chi connectivity index (χ4n) is 3.66. The lowest BCUT2D eigenvalue weighted by atomic mass is 10.2. The highest BCUT2D eigenvalue weighted by Gasteiger charge is 2.05. The second kappa shape index (κ2) is 29.5. The van der Waals surface area contributed by atoms with E-state index in [9.17, 15) is 0 Å². The van der Waals surface area contributed by atoms with Gasteiger partial charge in [-0.2, -0.15) is 0 Å². The Labute approximate surface area is 199 Å². The molecule has 0 aromatic rings. The molecule has 190 valence electrons. The first-order valence-corrected chi connectivity index (χ1v) is 13.9. The highest BCUT2D eigenvalue weighted by molar-refractivity contribution is 4.93. The van der Waals surface area contributed by atoms with Crippen molar-refractivity contribution >= 4 is 0 Å². The molecule has 0 unspecified atom stereocenters. The molecule has 0 amide bonds. The van der Waals surface area contributed by atoms with Gasteiger partial charge in [-0.05, 0) is 85.2 Å². The van der Waals surface area contributed by atoms with Gasteiger partial charge < -0.3 is 14.7 Å². The Morgan fingerprint density at radius 1 is 0.452 bits per heavy atom. The SMILES string of the molecule is C=C1CCCCCN1C.CC.CC.CC.CN1CCCCCC1.CN1CCCCCC1. The zero-order valence-electron chi connectivity index (χ0n) is 23.6. The van der Waals surface area contributed by atoms with E-state index in [2.05, 4.69) is 42.4 Å². The molecule has 3 saturated heterocycles. The van der Waals surface area contributed by atoms with Crippen LogP contribution in [0.1, 0.15) is 119 Å². The molecule has 0 saturated carbocycles. The van der Waals surface area contributed by atoms with Crippen LogP contribution in [0.15, 0.2) is 12.3 Å². The molecule has 0 aromatic carbocycles. The molecule has 3 aliphatic rings. The van der Waals surface area contributed by atoms with Gasteiger partial charge in [-0.3, -0.25) is 0 Å². The average Bonchev–Trinajstić information content (AvgIpc) is 3.29. The average molecular weight is 442 g/mol. The number of hydrogen-bond acceptors (Lipinski definition) is 3. The van der Waals surface area contributed by atoms with Gasteiger partial charge in [-0.25, -0.2) is 0 Å². The molecule has 3 fully saturated rings. The van der Waals surface area contributed by atoms with Gasteiger partial charge in [0.15, 0.2) is 0 Å². The Morgan fingerprint density at radius 2 is 0.742 bits per heavy atom. The first kappa shape index (κ1) is 35.1. The Bertz CT molecular complexity index is 296. The van der Waals surface area contributed by atoms with Crippen molar-refractivity contribution in [1.29, 1.82) is 0 Å². The van der Waals surface area contributed by atoms with Crippen molar-refractivity contribution in [2.24, 2.45) is 0 Å². The molecule has 3 heteroatoms. The summed E-state index contributed by atoms with van der Waals surface area (Å²) in [4.78, 5) is 7.12. The van der Waals surface area contributed by atoms with Crippen LogP contribution in [-0.4, -0.2) is 68.6 Å². The second-order valence-corrected chi connectivity index (χ2v) is 8.23. The van der Waals surface area contributed by atoms with E-state index in [1.165, 1.54) is 115 Å². The fourth-order valence-corrected chi connectivity index (χ4v) is 3.66. The van der Waals surface area contributed by atoms with Gasteiger partial charge in [0, 0.05) is 19.3 Å². The van der Waals surface area contributed by atoms with Crippen molar-refractivity contribution in [1.82, 2.24) is 14.7 Å². The molecule has 3 nitrogen and oxygen atoms in total. The molecule has 3 rings (SSSR count). The first-order chi connectivity index (χ1) is 15.1. The smallest absolute Gasteiger partial charge is 0.0171 e. The van der Waals surface area contributed by atoms with E-state index < -0.39 is 0 Å². The predicted molar refractivity (Wildman–Crippen MR) is 146 cm³/mol. The standard InChI is InChI=1S/C8H15N.2C7H15N.3C2H6/c1-8-6-4-3-5-7-9(8)2;2*1-8-6-4-2-3-5-7-8;3*1-2/h1,3-7H2,2H3;2*2-7H2,1H3;3*1-2H3. The summed E-state index contributed by atoms with van der Waals surface area (Å²) in [5.41, 5.74) is 1.31. The maximum atomic E-state index is 3.98. The minimum Gasteiger partial charge on any atom is -0.378 e. The third-order valence-corrected chi connectivity index (χ3v) is 5.66. The molecular weight excluding hydrogens is 378 g/mol. The number of hydrogen-bond donors (Lipinski definition) is 0. The van der Waals surface area contributed by atoms with Gasteiger partial charge in [0.2, 0.25) is 0 Å². The van der Waals surface area contributed by atoms with Crippen molar-refractivity contribution in [3.63, 3.8) is 0 Å². The number of nitrogens with zero attached hydrogens (tertiary/aromatic N) is 3. The van der Waals surface area contributed by atoms with Crippen LogP contribution >= 0.6 is 0 Å². The lowest BCUT2D eigenvalue weighted by molar-refractivity contribution is 0.349. The van der Waals surface area contributed by atoms with Crippen LogP contribution in [0.2, 0.25) is 0 Å². The van der Waals surface area contributed by atoms with Crippen molar-refractivity contribution in [2.75, 3.05) is 53.9 Å².